The molecule has 1 aromatic carbocycles. The van der Waals surface area contributed by atoms with Crippen molar-refractivity contribution in [3.63, 3.8) is 0 Å². The summed E-state index contributed by atoms with van der Waals surface area (Å²) in [5, 5.41) is 0. The Morgan fingerprint density at radius 1 is 1.08 bits per heavy atom. The number of rotatable bonds is 0. The molecule has 0 aromatic heterocycles. The van der Waals surface area contributed by atoms with Gasteiger partial charge in [-0.25, -0.2) is 0 Å². The zero-order chi connectivity index (χ0) is 9.59. The fraction of sp³-hybridized carbons (Fsp3) is 0.385. The van der Waals surface area contributed by atoms with Gasteiger partial charge in [-0.15, -0.1) is 0 Å². The van der Waals surface area contributed by atoms with Gasteiger partial charge in [0, 0.05) is 5.92 Å². The minimum Gasteiger partial charge on any atom is -0.0626 e. The maximum atomic E-state index is 2.32. The summed E-state index contributed by atoms with van der Waals surface area (Å²) in [4.78, 5) is 0. The van der Waals surface area contributed by atoms with E-state index in [1.165, 1.54) is 27.8 Å². The summed E-state index contributed by atoms with van der Waals surface area (Å²) in [6.07, 6.45) is 0. The Morgan fingerprint density at radius 3 is 2.46 bits per heavy atom. The number of aryl methyl sites for hydroxylation is 1. The monoisotopic (exact) mass is 172 g/mol. The molecule has 0 fully saturated rings. The SMILES string of the molecule is CC1=C(C)C(C)c2cc(C)ccc21. The molecule has 0 bridgehead atoms. The van der Waals surface area contributed by atoms with Crippen molar-refractivity contribution in [3.8, 4) is 0 Å². The maximum Gasteiger partial charge on any atom is 0.00291 e. The number of allylic oxidation sites excluding steroid dienone is 2. The number of fused-ring (bicyclic) bond motifs is 1. The smallest absolute Gasteiger partial charge is 0.00291 e. The predicted molar refractivity (Wildman–Crippen MR) is 57.9 cm³/mol. The van der Waals surface area contributed by atoms with Crippen molar-refractivity contribution in [1.29, 1.82) is 0 Å². The average Bonchev–Trinajstić information content (AvgIpc) is 2.32. The minimum absolute atomic E-state index is 0.620. The summed E-state index contributed by atoms with van der Waals surface area (Å²) in [5.41, 5.74) is 7.34. The Labute approximate surface area is 80.3 Å². The van der Waals surface area contributed by atoms with Gasteiger partial charge in [0.2, 0.25) is 0 Å². The highest BCUT2D eigenvalue weighted by Gasteiger charge is 2.22. The second-order valence-electron chi connectivity index (χ2n) is 4.12. The van der Waals surface area contributed by atoms with E-state index in [2.05, 4.69) is 45.9 Å². The third-order valence-electron chi connectivity index (χ3n) is 3.32. The van der Waals surface area contributed by atoms with Gasteiger partial charge in [0.1, 0.15) is 0 Å². The molecule has 1 aliphatic rings. The van der Waals surface area contributed by atoms with Crippen LogP contribution in [-0.2, 0) is 0 Å². The second kappa shape index (κ2) is 2.73. The normalized spacial score (nSPS) is 20.8. The van der Waals surface area contributed by atoms with Gasteiger partial charge in [0.15, 0.2) is 0 Å². The molecular weight excluding hydrogens is 156 g/mol. The van der Waals surface area contributed by atoms with Crippen molar-refractivity contribution in [3.05, 3.63) is 40.5 Å². The van der Waals surface area contributed by atoms with E-state index in [9.17, 15) is 0 Å². The predicted octanol–water partition coefficient (Wildman–Crippen LogP) is 3.91. The molecule has 0 saturated heterocycles. The van der Waals surface area contributed by atoms with Crippen LogP contribution in [0.25, 0.3) is 5.57 Å². The van der Waals surface area contributed by atoms with Gasteiger partial charge in [-0.3, -0.25) is 0 Å². The molecule has 2 rings (SSSR count). The van der Waals surface area contributed by atoms with Crippen LogP contribution in [0, 0.1) is 6.92 Å². The third kappa shape index (κ3) is 1.13. The summed E-state index contributed by atoms with van der Waals surface area (Å²) in [6.45, 7) is 8.93. The Kier molecular flexibility index (Phi) is 1.80. The Bertz CT molecular complexity index is 383. The lowest BCUT2D eigenvalue weighted by atomic mass is 9.97. The van der Waals surface area contributed by atoms with Gasteiger partial charge in [0.05, 0.1) is 0 Å². The van der Waals surface area contributed by atoms with Gasteiger partial charge in [0.25, 0.3) is 0 Å². The van der Waals surface area contributed by atoms with Crippen LogP contribution in [0.2, 0.25) is 0 Å². The first kappa shape index (κ1) is 8.55. The van der Waals surface area contributed by atoms with Crippen LogP contribution < -0.4 is 0 Å². The van der Waals surface area contributed by atoms with Crippen LogP contribution in [0.1, 0.15) is 43.4 Å². The Morgan fingerprint density at radius 2 is 1.77 bits per heavy atom. The van der Waals surface area contributed by atoms with E-state index in [-0.39, 0.29) is 0 Å². The largest absolute Gasteiger partial charge is 0.0626 e. The molecule has 0 heteroatoms. The van der Waals surface area contributed by atoms with Gasteiger partial charge >= 0.3 is 0 Å². The van der Waals surface area contributed by atoms with Crippen molar-refractivity contribution >= 4 is 5.57 Å². The zero-order valence-electron chi connectivity index (χ0n) is 8.81. The topological polar surface area (TPSA) is 0 Å². The van der Waals surface area contributed by atoms with E-state index in [1.807, 2.05) is 0 Å². The van der Waals surface area contributed by atoms with Gasteiger partial charge in [-0.2, -0.15) is 0 Å². The fourth-order valence-electron chi connectivity index (χ4n) is 2.15. The van der Waals surface area contributed by atoms with E-state index in [0.717, 1.165) is 0 Å². The zero-order valence-corrected chi connectivity index (χ0v) is 8.81. The molecule has 0 radical (unpaired) electrons. The van der Waals surface area contributed by atoms with E-state index >= 15 is 0 Å². The lowest BCUT2D eigenvalue weighted by Gasteiger charge is -2.07. The molecule has 1 atom stereocenters. The standard InChI is InChI=1S/C13H16/c1-8-5-6-12-10(3)9(2)11(4)13(12)7-8/h5-7,11H,1-4H3. The molecule has 0 spiro atoms. The number of hydrogen-bond donors (Lipinski definition) is 0. The molecule has 1 aromatic rings. The minimum atomic E-state index is 0.620. The highest BCUT2D eigenvalue weighted by Crippen LogP contribution is 2.41. The molecule has 0 aliphatic heterocycles. The van der Waals surface area contributed by atoms with Crippen LogP contribution in [-0.4, -0.2) is 0 Å². The van der Waals surface area contributed by atoms with Crippen molar-refractivity contribution in [2.45, 2.75) is 33.6 Å². The summed E-state index contributed by atoms with van der Waals surface area (Å²) < 4.78 is 0. The lowest BCUT2D eigenvalue weighted by molar-refractivity contribution is 0.918. The maximum absolute atomic E-state index is 2.32. The Balaban J connectivity index is 2.64. The Hall–Kier alpha value is -1.04. The van der Waals surface area contributed by atoms with Gasteiger partial charge in [-0.05, 0) is 37.5 Å². The molecule has 0 saturated carbocycles. The van der Waals surface area contributed by atoms with Crippen LogP contribution in [0.3, 0.4) is 0 Å². The summed E-state index contributed by atoms with van der Waals surface area (Å²) in [7, 11) is 0. The van der Waals surface area contributed by atoms with Crippen LogP contribution >= 0.6 is 0 Å². The van der Waals surface area contributed by atoms with E-state index in [1.54, 1.807) is 0 Å². The van der Waals surface area contributed by atoms with Crippen LogP contribution in [0.4, 0.5) is 0 Å². The number of hydrogen-bond acceptors (Lipinski definition) is 0. The first-order valence-electron chi connectivity index (χ1n) is 4.89. The molecular formula is C13H16. The van der Waals surface area contributed by atoms with Crippen molar-refractivity contribution in [1.82, 2.24) is 0 Å². The number of benzene rings is 1. The first-order valence-corrected chi connectivity index (χ1v) is 4.89. The highest BCUT2D eigenvalue weighted by atomic mass is 14.3. The second-order valence-corrected chi connectivity index (χ2v) is 4.12. The average molecular weight is 172 g/mol. The van der Waals surface area contributed by atoms with Crippen LogP contribution in [0.15, 0.2) is 23.8 Å². The van der Waals surface area contributed by atoms with Gasteiger partial charge < -0.3 is 0 Å². The molecule has 0 amide bonds. The summed E-state index contributed by atoms with van der Waals surface area (Å²) in [5.74, 6) is 0.620. The summed E-state index contributed by atoms with van der Waals surface area (Å²) >= 11 is 0. The molecule has 0 heterocycles. The lowest BCUT2D eigenvalue weighted by Crippen LogP contribution is -1.90. The highest BCUT2D eigenvalue weighted by molar-refractivity contribution is 5.76. The molecule has 0 N–H and O–H groups in total. The first-order chi connectivity index (χ1) is 6.11. The summed E-state index contributed by atoms with van der Waals surface area (Å²) in [6, 6.07) is 6.78. The van der Waals surface area contributed by atoms with E-state index in [0.29, 0.717) is 5.92 Å². The molecule has 1 aliphatic carbocycles. The van der Waals surface area contributed by atoms with Gasteiger partial charge in [-0.1, -0.05) is 36.3 Å². The van der Waals surface area contributed by atoms with Crippen molar-refractivity contribution in [2.24, 2.45) is 0 Å². The third-order valence-corrected chi connectivity index (χ3v) is 3.32. The van der Waals surface area contributed by atoms with Crippen molar-refractivity contribution in [2.75, 3.05) is 0 Å². The molecule has 0 nitrogen and oxygen atoms in total. The van der Waals surface area contributed by atoms with E-state index in [4.69, 9.17) is 0 Å². The van der Waals surface area contributed by atoms with E-state index < -0.39 is 0 Å². The quantitative estimate of drug-likeness (QED) is 0.556. The van der Waals surface area contributed by atoms with Crippen molar-refractivity contribution < 1.29 is 0 Å². The molecule has 68 valence electrons. The molecule has 13 heavy (non-hydrogen) atoms. The van der Waals surface area contributed by atoms with Crippen LogP contribution in [0.5, 0.6) is 0 Å². The fourth-order valence-corrected chi connectivity index (χ4v) is 2.15. The molecule has 1 unspecified atom stereocenters.